The Morgan fingerprint density at radius 1 is 1.35 bits per heavy atom. The molecule has 0 amide bonds. The summed E-state index contributed by atoms with van der Waals surface area (Å²) in [6.07, 6.45) is 3.68. The number of nitrogen functional groups attached to an aromatic ring is 1. The van der Waals surface area contributed by atoms with Gasteiger partial charge in [-0.05, 0) is 19.1 Å². The van der Waals surface area contributed by atoms with Crippen LogP contribution < -0.4 is 10.5 Å². The van der Waals surface area contributed by atoms with Gasteiger partial charge in [0.05, 0.1) is 17.6 Å². The van der Waals surface area contributed by atoms with Crippen molar-refractivity contribution in [3.63, 3.8) is 0 Å². The molecular formula is C12H14N4S. The monoisotopic (exact) mass is 246 g/mol. The maximum absolute atomic E-state index is 5.66. The third kappa shape index (κ3) is 2.68. The van der Waals surface area contributed by atoms with E-state index in [4.69, 9.17) is 5.73 Å². The first-order chi connectivity index (χ1) is 8.20. The molecule has 1 aromatic heterocycles. The summed E-state index contributed by atoms with van der Waals surface area (Å²) in [6, 6.07) is 8.04. The molecule has 2 aromatic rings. The molecule has 0 unspecified atom stereocenters. The molecule has 0 radical (unpaired) electrons. The van der Waals surface area contributed by atoms with Gasteiger partial charge in [-0.3, -0.25) is 0 Å². The van der Waals surface area contributed by atoms with E-state index in [1.54, 1.807) is 18.1 Å². The van der Waals surface area contributed by atoms with Gasteiger partial charge in [0, 0.05) is 17.5 Å². The lowest BCUT2D eigenvalue weighted by Crippen LogP contribution is -1.98. The summed E-state index contributed by atoms with van der Waals surface area (Å²) in [7, 11) is 0. The Hall–Kier alpha value is -1.75. The number of hydrogen-bond donors (Lipinski definition) is 2. The van der Waals surface area contributed by atoms with Gasteiger partial charge in [0.1, 0.15) is 5.82 Å². The molecule has 0 fully saturated rings. The molecule has 4 nitrogen and oxygen atoms in total. The number of aryl methyl sites for hydroxylation is 1. The van der Waals surface area contributed by atoms with Crippen LogP contribution in [0.1, 0.15) is 5.69 Å². The van der Waals surface area contributed by atoms with Crippen LogP contribution in [-0.4, -0.2) is 16.2 Å². The van der Waals surface area contributed by atoms with Gasteiger partial charge in [0.15, 0.2) is 0 Å². The van der Waals surface area contributed by atoms with Crippen molar-refractivity contribution in [2.24, 2.45) is 0 Å². The number of anilines is 2. The highest BCUT2D eigenvalue weighted by Crippen LogP contribution is 2.22. The zero-order valence-corrected chi connectivity index (χ0v) is 10.6. The smallest absolute Gasteiger partial charge is 0.144 e. The molecule has 1 heterocycles. The van der Waals surface area contributed by atoms with Gasteiger partial charge < -0.3 is 10.5 Å². The van der Waals surface area contributed by atoms with E-state index in [0.717, 1.165) is 22.6 Å². The van der Waals surface area contributed by atoms with Crippen molar-refractivity contribution in [2.45, 2.75) is 6.92 Å². The molecule has 17 heavy (non-hydrogen) atoms. The molecule has 0 saturated heterocycles. The van der Waals surface area contributed by atoms with E-state index in [1.165, 1.54) is 0 Å². The Balaban J connectivity index is 2.38. The molecule has 2 rings (SSSR count). The number of nitrogens with two attached hydrogens (primary N) is 1. The molecule has 0 aliphatic rings. The van der Waals surface area contributed by atoms with Crippen molar-refractivity contribution in [2.75, 3.05) is 16.7 Å². The van der Waals surface area contributed by atoms with Crippen molar-refractivity contribution in [3.05, 3.63) is 36.2 Å². The van der Waals surface area contributed by atoms with Crippen LogP contribution in [0.15, 0.2) is 30.5 Å². The molecule has 0 aliphatic heterocycles. The van der Waals surface area contributed by atoms with Crippen LogP contribution in [-0.2, 0) is 0 Å². The second-order valence-electron chi connectivity index (χ2n) is 3.61. The third-order valence-corrected chi connectivity index (χ3v) is 2.80. The summed E-state index contributed by atoms with van der Waals surface area (Å²) in [5.41, 5.74) is 9.32. The van der Waals surface area contributed by atoms with Gasteiger partial charge in [-0.2, -0.15) is 0 Å². The molecule has 88 valence electrons. The first-order valence-corrected chi connectivity index (χ1v) is 6.41. The zero-order valence-electron chi connectivity index (χ0n) is 9.77. The molecular weight excluding hydrogens is 232 g/mol. The van der Waals surface area contributed by atoms with Crippen molar-refractivity contribution < 1.29 is 0 Å². The fraction of sp³-hybridized carbons (Fsp3) is 0.167. The summed E-state index contributed by atoms with van der Waals surface area (Å²) in [5, 5.41) is 0. The van der Waals surface area contributed by atoms with Crippen LogP contribution in [0.2, 0.25) is 0 Å². The number of rotatable bonds is 3. The number of nitrogens with one attached hydrogen (secondary N) is 1. The Labute approximate surface area is 105 Å². The second-order valence-corrected chi connectivity index (χ2v) is 4.23. The minimum atomic E-state index is 0.479. The molecule has 0 atom stereocenters. The zero-order chi connectivity index (χ0) is 12.3. The van der Waals surface area contributed by atoms with Gasteiger partial charge in [-0.25, -0.2) is 9.97 Å². The van der Waals surface area contributed by atoms with Crippen LogP contribution in [0.3, 0.4) is 0 Å². The predicted molar refractivity (Wildman–Crippen MR) is 73.8 cm³/mol. The molecule has 0 aliphatic carbocycles. The maximum Gasteiger partial charge on any atom is 0.144 e. The van der Waals surface area contributed by atoms with Crippen LogP contribution in [0, 0.1) is 6.92 Å². The predicted octanol–water partition coefficient (Wildman–Crippen LogP) is 2.72. The van der Waals surface area contributed by atoms with Crippen LogP contribution >= 0.6 is 11.9 Å². The minimum Gasteiger partial charge on any atom is -0.382 e. The minimum absolute atomic E-state index is 0.479. The third-order valence-electron chi connectivity index (χ3n) is 2.36. The van der Waals surface area contributed by atoms with Crippen LogP contribution in [0.4, 0.5) is 11.5 Å². The van der Waals surface area contributed by atoms with Gasteiger partial charge >= 0.3 is 0 Å². The van der Waals surface area contributed by atoms with E-state index in [1.807, 2.05) is 37.4 Å². The SMILES string of the molecule is CSNc1cccc(-c2cnc(N)c(C)n2)c1. The second kappa shape index (κ2) is 5.05. The van der Waals surface area contributed by atoms with Crippen molar-refractivity contribution in [3.8, 4) is 11.3 Å². The Morgan fingerprint density at radius 2 is 2.18 bits per heavy atom. The van der Waals surface area contributed by atoms with Crippen molar-refractivity contribution in [1.29, 1.82) is 0 Å². The van der Waals surface area contributed by atoms with Gasteiger partial charge in [0.2, 0.25) is 0 Å². The highest BCUT2D eigenvalue weighted by atomic mass is 32.2. The highest BCUT2D eigenvalue weighted by molar-refractivity contribution is 7.99. The van der Waals surface area contributed by atoms with E-state index in [9.17, 15) is 0 Å². The van der Waals surface area contributed by atoms with Crippen molar-refractivity contribution >= 4 is 23.5 Å². The topological polar surface area (TPSA) is 63.8 Å². The largest absolute Gasteiger partial charge is 0.382 e. The molecule has 0 saturated carbocycles. The molecule has 0 bridgehead atoms. The van der Waals surface area contributed by atoms with E-state index in [2.05, 4.69) is 14.7 Å². The van der Waals surface area contributed by atoms with Crippen LogP contribution in [0.5, 0.6) is 0 Å². The number of benzene rings is 1. The van der Waals surface area contributed by atoms with Crippen LogP contribution in [0.25, 0.3) is 11.3 Å². The summed E-state index contributed by atoms with van der Waals surface area (Å²) < 4.78 is 3.19. The van der Waals surface area contributed by atoms with Gasteiger partial charge in [-0.15, -0.1) is 0 Å². The number of nitrogens with zero attached hydrogens (tertiary/aromatic N) is 2. The summed E-state index contributed by atoms with van der Waals surface area (Å²) >= 11 is 1.56. The fourth-order valence-electron chi connectivity index (χ4n) is 1.49. The first kappa shape index (κ1) is 11.7. The molecule has 1 aromatic carbocycles. The molecule has 5 heteroatoms. The molecule has 0 spiro atoms. The summed E-state index contributed by atoms with van der Waals surface area (Å²) in [5.74, 6) is 0.479. The fourth-order valence-corrected chi connectivity index (χ4v) is 1.85. The summed E-state index contributed by atoms with van der Waals surface area (Å²) in [6.45, 7) is 1.86. The van der Waals surface area contributed by atoms with E-state index in [-0.39, 0.29) is 0 Å². The van der Waals surface area contributed by atoms with E-state index >= 15 is 0 Å². The Bertz CT molecular complexity index is 528. The lowest BCUT2D eigenvalue weighted by molar-refractivity contribution is 1.13. The Kier molecular flexibility index (Phi) is 3.49. The lowest BCUT2D eigenvalue weighted by Gasteiger charge is -2.06. The van der Waals surface area contributed by atoms with Crippen molar-refractivity contribution in [1.82, 2.24) is 9.97 Å². The Morgan fingerprint density at radius 3 is 2.88 bits per heavy atom. The number of aromatic nitrogens is 2. The van der Waals surface area contributed by atoms with Gasteiger partial charge in [-0.1, -0.05) is 24.1 Å². The normalized spacial score (nSPS) is 10.2. The average Bonchev–Trinajstić information content (AvgIpc) is 2.33. The standard InChI is InChI=1S/C12H14N4S/c1-8-12(13)14-7-11(15-8)9-4-3-5-10(6-9)16-17-2/h3-7,16H,1-2H3,(H2,13,14). The lowest BCUT2D eigenvalue weighted by atomic mass is 10.1. The van der Waals surface area contributed by atoms with E-state index < -0.39 is 0 Å². The average molecular weight is 246 g/mol. The first-order valence-electron chi connectivity index (χ1n) is 5.19. The highest BCUT2D eigenvalue weighted by Gasteiger charge is 2.03. The maximum atomic E-state index is 5.66. The summed E-state index contributed by atoms with van der Waals surface area (Å²) in [4.78, 5) is 8.54. The van der Waals surface area contributed by atoms with Gasteiger partial charge in [0.25, 0.3) is 0 Å². The molecule has 3 N–H and O–H groups in total. The number of hydrogen-bond acceptors (Lipinski definition) is 5. The quantitative estimate of drug-likeness (QED) is 0.815. The van der Waals surface area contributed by atoms with E-state index in [0.29, 0.717) is 5.82 Å².